The molecule has 0 spiro atoms. The van der Waals surface area contributed by atoms with Crippen LogP contribution in [0.25, 0.3) is 0 Å². The first-order valence-corrected chi connectivity index (χ1v) is 7.98. The van der Waals surface area contributed by atoms with Gasteiger partial charge in [-0.2, -0.15) is 0 Å². The Hall–Kier alpha value is -1.95. The number of nitrogens with one attached hydrogen (secondary N) is 2. The number of carbonyl (C=O) groups excluding carboxylic acids is 1. The van der Waals surface area contributed by atoms with Crippen LogP contribution in [0, 0.1) is 5.92 Å². The van der Waals surface area contributed by atoms with Crippen molar-refractivity contribution in [2.24, 2.45) is 5.92 Å². The molecular weight excluding hydrogens is 344 g/mol. The molecule has 1 amide bonds. The largest absolute Gasteiger partial charge is 0.369 e. The molecule has 0 aliphatic rings. The van der Waals surface area contributed by atoms with E-state index in [1.165, 1.54) is 0 Å². The minimum atomic E-state index is -0.274. The van der Waals surface area contributed by atoms with Gasteiger partial charge in [0.2, 0.25) is 0 Å². The van der Waals surface area contributed by atoms with Crippen molar-refractivity contribution in [1.29, 1.82) is 0 Å². The van der Waals surface area contributed by atoms with Crippen LogP contribution in [0.3, 0.4) is 0 Å². The molecule has 0 bridgehead atoms. The fraction of sp³-hybridized carbons (Fsp3) is 0.312. The van der Waals surface area contributed by atoms with Crippen LogP contribution in [0.5, 0.6) is 0 Å². The summed E-state index contributed by atoms with van der Waals surface area (Å²) in [4.78, 5) is 12.1. The number of hydrogen-bond donors (Lipinski definition) is 2. The Morgan fingerprint density at radius 3 is 2.45 bits per heavy atom. The number of anilines is 2. The molecular formula is C16H19BrN4O. The van der Waals surface area contributed by atoms with Gasteiger partial charge in [-0.25, -0.2) is 0 Å². The zero-order chi connectivity index (χ0) is 15.9. The normalized spacial score (nSPS) is 10.5. The van der Waals surface area contributed by atoms with Crippen molar-refractivity contribution in [3.63, 3.8) is 0 Å². The Labute approximate surface area is 138 Å². The summed E-state index contributed by atoms with van der Waals surface area (Å²) in [5, 5.41) is 13.9. The summed E-state index contributed by atoms with van der Waals surface area (Å²) in [7, 11) is 0. The van der Waals surface area contributed by atoms with Gasteiger partial charge in [-0.3, -0.25) is 4.79 Å². The predicted molar refractivity (Wildman–Crippen MR) is 92.1 cm³/mol. The van der Waals surface area contributed by atoms with Crippen molar-refractivity contribution < 1.29 is 4.79 Å². The van der Waals surface area contributed by atoms with E-state index in [-0.39, 0.29) is 11.6 Å². The van der Waals surface area contributed by atoms with E-state index in [1.807, 2.05) is 24.3 Å². The highest BCUT2D eigenvalue weighted by Gasteiger charge is 2.08. The van der Waals surface area contributed by atoms with Crippen LogP contribution in [0.1, 0.15) is 30.8 Å². The highest BCUT2D eigenvalue weighted by Crippen LogP contribution is 2.15. The second-order valence-electron chi connectivity index (χ2n) is 5.37. The number of carbonyl (C=O) groups is 1. The number of amides is 1. The second-order valence-corrected chi connectivity index (χ2v) is 6.29. The molecule has 1 aromatic carbocycles. The first-order chi connectivity index (χ1) is 10.5. The summed E-state index contributed by atoms with van der Waals surface area (Å²) in [6, 6.07) is 10.8. The molecule has 116 valence electrons. The van der Waals surface area contributed by atoms with Gasteiger partial charge in [-0.05, 0) is 48.7 Å². The Morgan fingerprint density at radius 2 is 1.86 bits per heavy atom. The van der Waals surface area contributed by atoms with Gasteiger partial charge in [0.05, 0.1) is 0 Å². The minimum absolute atomic E-state index is 0.274. The van der Waals surface area contributed by atoms with Gasteiger partial charge in [-0.1, -0.05) is 29.8 Å². The molecule has 5 nitrogen and oxygen atoms in total. The molecule has 2 aromatic rings. The molecule has 0 saturated heterocycles. The van der Waals surface area contributed by atoms with E-state index < -0.39 is 0 Å². The molecule has 0 unspecified atom stereocenters. The monoisotopic (exact) mass is 362 g/mol. The summed E-state index contributed by atoms with van der Waals surface area (Å²) in [6.45, 7) is 5.18. The molecule has 0 aliphatic carbocycles. The number of rotatable bonds is 6. The standard InChI is InChI=1S/C16H19BrN4O/c1-11(2)9-10-18-15-8-7-14(20-21-15)16(22)19-13-5-3-12(17)4-6-13/h3-8,11H,9-10H2,1-2H3,(H,18,21)(H,19,22). The first kappa shape index (κ1) is 16.4. The maximum Gasteiger partial charge on any atom is 0.276 e. The molecule has 1 heterocycles. The molecule has 22 heavy (non-hydrogen) atoms. The molecule has 2 rings (SSSR count). The number of hydrogen-bond acceptors (Lipinski definition) is 4. The Bertz CT molecular complexity index is 611. The molecule has 0 aliphatic heterocycles. The second kappa shape index (κ2) is 7.89. The van der Waals surface area contributed by atoms with E-state index in [9.17, 15) is 4.79 Å². The van der Waals surface area contributed by atoms with Crippen LogP contribution in [-0.2, 0) is 0 Å². The quantitative estimate of drug-likeness (QED) is 0.816. The Morgan fingerprint density at radius 1 is 1.14 bits per heavy atom. The highest BCUT2D eigenvalue weighted by molar-refractivity contribution is 9.10. The third-order valence-corrected chi connectivity index (χ3v) is 3.56. The molecule has 6 heteroatoms. The highest BCUT2D eigenvalue weighted by atomic mass is 79.9. The topological polar surface area (TPSA) is 66.9 Å². The van der Waals surface area contributed by atoms with Crippen molar-refractivity contribution in [3.8, 4) is 0 Å². The van der Waals surface area contributed by atoms with Gasteiger partial charge in [-0.15, -0.1) is 10.2 Å². The van der Waals surface area contributed by atoms with Crippen molar-refractivity contribution in [1.82, 2.24) is 10.2 Å². The van der Waals surface area contributed by atoms with Gasteiger partial charge in [0.15, 0.2) is 5.69 Å². The molecule has 0 saturated carbocycles. The van der Waals surface area contributed by atoms with Crippen LogP contribution in [0.15, 0.2) is 40.9 Å². The maximum atomic E-state index is 12.1. The number of halogens is 1. The zero-order valence-electron chi connectivity index (χ0n) is 12.6. The van der Waals surface area contributed by atoms with E-state index in [0.29, 0.717) is 17.4 Å². The number of aromatic nitrogens is 2. The third-order valence-electron chi connectivity index (χ3n) is 3.03. The minimum Gasteiger partial charge on any atom is -0.369 e. The third kappa shape index (κ3) is 5.11. The van der Waals surface area contributed by atoms with Crippen LogP contribution < -0.4 is 10.6 Å². The molecule has 0 atom stereocenters. The summed E-state index contributed by atoms with van der Waals surface area (Å²) in [5.41, 5.74) is 1.01. The fourth-order valence-electron chi connectivity index (χ4n) is 1.76. The lowest BCUT2D eigenvalue weighted by Gasteiger charge is -2.08. The van der Waals surface area contributed by atoms with Crippen LogP contribution in [0.4, 0.5) is 11.5 Å². The Kier molecular flexibility index (Phi) is 5.89. The van der Waals surface area contributed by atoms with Gasteiger partial charge in [0.25, 0.3) is 5.91 Å². The molecule has 1 aromatic heterocycles. The predicted octanol–water partition coefficient (Wildman–Crippen LogP) is 3.95. The van der Waals surface area contributed by atoms with Crippen LogP contribution in [0.2, 0.25) is 0 Å². The van der Waals surface area contributed by atoms with E-state index in [1.54, 1.807) is 12.1 Å². The average Bonchev–Trinajstić information content (AvgIpc) is 2.50. The van der Waals surface area contributed by atoms with Crippen molar-refractivity contribution >= 4 is 33.3 Å². The van der Waals surface area contributed by atoms with E-state index in [2.05, 4.69) is 50.6 Å². The number of nitrogens with zero attached hydrogens (tertiary/aromatic N) is 2. The lowest BCUT2D eigenvalue weighted by Crippen LogP contribution is -2.15. The number of benzene rings is 1. The Balaban J connectivity index is 1.91. The maximum absolute atomic E-state index is 12.1. The van der Waals surface area contributed by atoms with Gasteiger partial charge in [0.1, 0.15) is 5.82 Å². The zero-order valence-corrected chi connectivity index (χ0v) is 14.2. The van der Waals surface area contributed by atoms with Crippen LogP contribution >= 0.6 is 15.9 Å². The average molecular weight is 363 g/mol. The van der Waals surface area contributed by atoms with E-state index in [0.717, 1.165) is 17.4 Å². The van der Waals surface area contributed by atoms with Crippen LogP contribution in [-0.4, -0.2) is 22.6 Å². The lowest BCUT2D eigenvalue weighted by atomic mass is 10.1. The summed E-state index contributed by atoms with van der Waals surface area (Å²) >= 11 is 3.35. The van der Waals surface area contributed by atoms with Gasteiger partial charge < -0.3 is 10.6 Å². The van der Waals surface area contributed by atoms with Crippen molar-refractivity contribution in [2.75, 3.05) is 17.2 Å². The molecule has 0 radical (unpaired) electrons. The molecule has 2 N–H and O–H groups in total. The summed E-state index contributed by atoms with van der Waals surface area (Å²) in [6.07, 6.45) is 1.06. The van der Waals surface area contributed by atoms with E-state index >= 15 is 0 Å². The smallest absolute Gasteiger partial charge is 0.276 e. The summed E-state index contributed by atoms with van der Waals surface area (Å²) < 4.78 is 0.960. The SMILES string of the molecule is CC(C)CCNc1ccc(C(=O)Nc2ccc(Br)cc2)nn1. The first-order valence-electron chi connectivity index (χ1n) is 7.19. The van der Waals surface area contributed by atoms with E-state index in [4.69, 9.17) is 0 Å². The van der Waals surface area contributed by atoms with Crippen molar-refractivity contribution in [2.45, 2.75) is 20.3 Å². The molecule has 0 fully saturated rings. The summed E-state index contributed by atoms with van der Waals surface area (Å²) in [5.74, 6) is 1.04. The van der Waals surface area contributed by atoms with Gasteiger partial charge in [0, 0.05) is 16.7 Å². The fourth-order valence-corrected chi connectivity index (χ4v) is 2.03. The lowest BCUT2D eigenvalue weighted by molar-refractivity contribution is 0.102. The van der Waals surface area contributed by atoms with Crippen molar-refractivity contribution in [3.05, 3.63) is 46.6 Å². The van der Waals surface area contributed by atoms with Gasteiger partial charge >= 0.3 is 0 Å².